The van der Waals surface area contributed by atoms with E-state index in [9.17, 15) is 8.42 Å². The van der Waals surface area contributed by atoms with Crippen LogP contribution in [0.2, 0.25) is 0 Å². The van der Waals surface area contributed by atoms with Crippen molar-refractivity contribution in [3.63, 3.8) is 0 Å². The fraction of sp³-hybridized carbons (Fsp3) is 0.368. The van der Waals surface area contributed by atoms with Crippen LogP contribution < -0.4 is 0 Å². The Bertz CT molecular complexity index is 1100. The van der Waals surface area contributed by atoms with E-state index >= 15 is 0 Å². The van der Waals surface area contributed by atoms with Crippen molar-refractivity contribution in [3.05, 3.63) is 58.2 Å². The van der Waals surface area contributed by atoms with Gasteiger partial charge in [0.15, 0.2) is 20.4 Å². The van der Waals surface area contributed by atoms with E-state index < -0.39 is 9.84 Å². The molecule has 1 atom stereocenters. The van der Waals surface area contributed by atoms with Crippen LogP contribution in [0.15, 0.2) is 47.8 Å². The molecule has 1 aromatic carbocycles. The summed E-state index contributed by atoms with van der Waals surface area (Å²) in [5, 5.41) is 6.82. The average molecular weight is 435 g/mol. The number of nitrogens with zero attached hydrogens (tertiary/aromatic N) is 4. The first-order valence-electron chi connectivity index (χ1n) is 9.09. The maximum atomic E-state index is 11.8. The molecule has 1 aliphatic heterocycles. The summed E-state index contributed by atoms with van der Waals surface area (Å²) in [6.07, 6.45) is 0.661. The van der Waals surface area contributed by atoms with Crippen LogP contribution in [0.1, 0.15) is 12.0 Å². The molecule has 1 saturated heterocycles. The second-order valence-electron chi connectivity index (χ2n) is 7.11. The van der Waals surface area contributed by atoms with E-state index in [0.717, 1.165) is 16.3 Å². The van der Waals surface area contributed by atoms with Gasteiger partial charge in [-0.3, -0.25) is 9.47 Å². The molecule has 0 bridgehead atoms. The van der Waals surface area contributed by atoms with Crippen LogP contribution in [-0.2, 0) is 23.1 Å². The Labute approximate surface area is 174 Å². The Hall–Kier alpha value is -1.81. The lowest BCUT2D eigenvalue weighted by molar-refractivity contribution is 0.196. The SMILES string of the molecule is CN(Cn1nc(-c2cccs2)n(Cc2ccccc2)c1=S)C1CCS(=O)(=O)C1. The van der Waals surface area contributed by atoms with Gasteiger partial charge in [-0.15, -0.1) is 16.4 Å². The third-order valence-corrected chi connectivity index (χ3v) is 8.08. The van der Waals surface area contributed by atoms with Gasteiger partial charge in [0.1, 0.15) is 0 Å². The molecule has 0 radical (unpaired) electrons. The number of rotatable bonds is 6. The normalized spacial score (nSPS) is 18.7. The highest BCUT2D eigenvalue weighted by atomic mass is 32.2. The minimum absolute atomic E-state index is 0.0105. The zero-order valence-electron chi connectivity index (χ0n) is 15.6. The number of benzene rings is 1. The zero-order valence-corrected chi connectivity index (χ0v) is 18.0. The first kappa shape index (κ1) is 19.5. The number of thiophene rings is 1. The molecule has 1 unspecified atom stereocenters. The molecule has 9 heteroatoms. The van der Waals surface area contributed by atoms with Crippen LogP contribution in [-0.4, -0.2) is 52.3 Å². The average Bonchev–Trinajstić information content (AvgIpc) is 3.38. The molecule has 3 heterocycles. The van der Waals surface area contributed by atoms with Gasteiger partial charge in [-0.25, -0.2) is 13.1 Å². The van der Waals surface area contributed by atoms with Gasteiger partial charge >= 0.3 is 0 Å². The van der Waals surface area contributed by atoms with Crippen molar-refractivity contribution in [1.29, 1.82) is 0 Å². The van der Waals surface area contributed by atoms with Crippen molar-refractivity contribution in [3.8, 4) is 10.7 Å². The highest BCUT2D eigenvalue weighted by Crippen LogP contribution is 2.25. The Morgan fingerprint density at radius 1 is 1.25 bits per heavy atom. The standard InChI is InChI=1S/C19H22N4O2S3/c1-21(16-9-11-28(24,25)13-16)14-23-19(26)22(12-15-6-3-2-4-7-15)18(20-23)17-8-5-10-27-17/h2-8,10,16H,9,11-14H2,1H3. The van der Waals surface area contributed by atoms with Gasteiger partial charge in [0, 0.05) is 6.04 Å². The molecule has 3 aromatic rings. The van der Waals surface area contributed by atoms with E-state index in [0.29, 0.717) is 24.4 Å². The zero-order chi connectivity index (χ0) is 19.7. The first-order valence-corrected chi connectivity index (χ1v) is 12.2. The lowest BCUT2D eigenvalue weighted by Crippen LogP contribution is -2.34. The molecule has 28 heavy (non-hydrogen) atoms. The summed E-state index contributed by atoms with van der Waals surface area (Å²) in [6.45, 7) is 1.12. The van der Waals surface area contributed by atoms with Crippen molar-refractivity contribution in [1.82, 2.24) is 19.2 Å². The van der Waals surface area contributed by atoms with E-state index in [1.165, 1.54) is 0 Å². The van der Waals surface area contributed by atoms with Gasteiger partial charge in [-0.1, -0.05) is 36.4 Å². The smallest absolute Gasteiger partial charge is 0.199 e. The van der Waals surface area contributed by atoms with Gasteiger partial charge in [-0.2, -0.15) is 0 Å². The van der Waals surface area contributed by atoms with Crippen LogP contribution in [0.4, 0.5) is 0 Å². The van der Waals surface area contributed by atoms with Crippen LogP contribution in [0, 0.1) is 4.77 Å². The maximum Gasteiger partial charge on any atom is 0.199 e. The van der Waals surface area contributed by atoms with Crippen molar-refractivity contribution in [2.75, 3.05) is 18.6 Å². The second kappa shape index (κ2) is 7.90. The molecule has 1 fully saturated rings. The van der Waals surface area contributed by atoms with Crippen LogP contribution in [0.25, 0.3) is 10.7 Å². The summed E-state index contributed by atoms with van der Waals surface area (Å²) in [6, 6.07) is 14.2. The van der Waals surface area contributed by atoms with Crippen molar-refractivity contribution >= 4 is 33.4 Å². The molecule has 2 aromatic heterocycles. The summed E-state index contributed by atoms with van der Waals surface area (Å²) in [7, 11) is -0.984. The number of aromatic nitrogens is 3. The predicted molar refractivity (Wildman–Crippen MR) is 115 cm³/mol. The molecule has 0 spiro atoms. The van der Waals surface area contributed by atoms with Crippen LogP contribution >= 0.6 is 23.6 Å². The number of hydrogen-bond donors (Lipinski definition) is 0. The van der Waals surface area contributed by atoms with Gasteiger partial charge < -0.3 is 0 Å². The topological polar surface area (TPSA) is 60.1 Å². The van der Waals surface area contributed by atoms with Crippen LogP contribution in [0.5, 0.6) is 0 Å². The Morgan fingerprint density at radius 2 is 2.04 bits per heavy atom. The monoisotopic (exact) mass is 434 g/mol. The minimum Gasteiger partial charge on any atom is -0.295 e. The molecule has 0 saturated carbocycles. The van der Waals surface area contributed by atoms with E-state index in [2.05, 4.69) is 16.7 Å². The molecular formula is C19H22N4O2S3. The Morgan fingerprint density at radius 3 is 2.68 bits per heavy atom. The Kier molecular flexibility index (Phi) is 5.50. The van der Waals surface area contributed by atoms with E-state index in [1.54, 1.807) is 16.0 Å². The summed E-state index contributed by atoms with van der Waals surface area (Å²) < 4.78 is 28.1. The highest BCUT2D eigenvalue weighted by Gasteiger charge is 2.31. The minimum atomic E-state index is -2.92. The first-order chi connectivity index (χ1) is 13.4. The quantitative estimate of drug-likeness (QED) is 0.557. The number of sulfone groups is 1. The molecule has 148 valence electrons. The maximum absolute atomic E-state index is 11.8. The van der Waals surface area contributed by atoms with Crippen molar-refractivity contribution in [2.45, 2.75) is 25.7 Å². The van der Waals surface area contributed by atoms with Gasteiger partial charge in [0.25, 0.3) is 0 Å². The van der Waals surface area contributed by atoms with Crippen molar-refractivity contribution < 1.29 is 8.42 Å². The predicted octanol–water partition coefficient (Wildman–Crippen LogP) is 3.27. The molecule has 0 aliphatic carbocycles. The summed E-state index contributed by atoms with van der Waals surface area (Å²) in [5.41, 5.74) is 1.16. The van der Waals surface area contributed by atoms with Gasteiger partial charge in [0.2, 0.25) is 0 Å². The number of hydrogen-bond acceptors (Lipinski definition) is 6. The fourth-order valence-corrected chi connectivity index (χ4v) is 6.25. The lowest BCUT2D eigenvalue weighted by atomic mass is 10.2. The summed E-state index contributed by atoms with van der Waals surface area (Å²) in [4.78, 5) is 3.10. The molecular weight excluding hydrogens is 412 g/mol. The van der Waals surface area contributed by atoms with E-state index in [1.807, 2.05) is 47.7 Å². The Balaban J connectivity index is 1.65. The molecule has 1 aliphatic rings. The highest BCUT2D eigenvalue weighted by molar-refractivity contribution is 7.91. The van der Waals surface area contributed by atoms with Crippen molar-refractivity contribution in [2.24, 2.45) is 0 Å². The molecule has 0 N–H and O–H groups in total. The third kappa shape index (κ3) is 4.12. The lowest BCUT2D eigenvalue weighted by Gasteiger charge is -2.22. The fourth-order valence-electron chi connectivity index (χ4n) is 3.48. The molecule has 4 rings (SSSR count). The summed E-state index contributed by atoms with van der Waals surface area (Å²) >= 11 is 7.38. The van der Waals surface area contributed by atoms with Gasteiger partial charge in [-0.05, 0) is 42.7 Å². The summed E-state index contributed by atoms with van der Waals surface area (Å²) in [5.74, 6) is 1.31. The van der Waals surface area contributed by atoms with Gasteiger partial charge in [0.05, 0.1) is 29.6 Å². The van der Waals surface area contributed by atoms with Crippen LogP contribution in [0.3, 0.4) is 0 Å². The van der Waals surface area contributed by atoms with E-state index in [-0.39, 0.29) is 17.5 Å². The molecule has 0 amide bonds. The van der Waals surface area contributed by atoms with E-state index in [4.69, 9.17) is 17.3 Å². The second-order valence-corrected chi connectivity index (χ2v) is 10.7. The third-order valence-electron chi connectivity index (χ3n) is 5.04. The molecule has 6 nitrogen and oxygen atoms in total. The largest absolute Gasteiger partial charge is 0.295 e.